The maximum absolute atomic E-state index is 12.8. The molecule has 1 N–H and O–H groups in total. The second-order valence-electron chi connectivity index (χ2n) is 7.07. The van der Waals surface area contributed by atoms with Gasteiger partial charge in [0.25, 0.3) is 11.6 Å². The molecule has 0 radical (unpaired) electrons. The summed E-state index contributed by atoms with van der Waals surface area (Å²) in [5.74, 6) is 2.30. The van der Waals surface area contributed by atoms with E-state index in [0.29, 0.717) is 12.3 Å². The molecule has 1 heterocycles. The molecule has 166 valence electrons. The van der Waals surface area contributed by atoms with Crippen LogP contribution in [0.3, 0.4) is 0 Å². The van der Waals surface area contributed by atoms with Crippen LogP contribution in [0.1, 0.15) is 22.8 Å². The van der Waals surface area contributed by atoms with Gasteiger partial charge in [-0.1, -0.05) is 12.1 Å². The van der Waals surface area contributed by atoms with Crippen molar-refractivity contribution in [2.45, 2.75) is 13.3 Å². The predicted octanol–water partition coefficient (Wildman–Crippen LogP) is 3.85. The second-order valence-corrected chi connectivity index (χ2v) is 8.29. The first-order valence-corrected chi connectivity index (χ1v) is 11.4. The Morgan fingerprint density at radius 2 is 1.90 bits per heavy atom. The molecule has 0 spiro atoms. The van der Waals surface area contributed by atoms with Crippen molar-refractivity contribution in [3.63, 3.8) is 0 Å². The normalized spacial score (nSPS) is 14.1. The first-order chi connectivity index (χ1) is 15.0. The Balaban J connectivity index is 1.70. The number of nitro benzene ring substituents is 1. The van der Waals surface area contributed by atoms with Crippen LogP contribution in [0.25, 0.3) is 0 Å². The number of methoxy groups -OCH3 is 1. The molecule has 0 saturated carbocycles. The van der Waals surface area contributed by atoms with Crippen LogP contribution in [0, 0.1) is 10.1 Å². The van der Waals surface area contributed by atoms with Crippen molar-refractivity contribution in [2.24, 2.45) is 0 Å². The van der Waals surface area contributed by atoms with E-state index in [2.05, 4.69) is 10.2 Å². The molecule has 2 aromatic rings. The predicted molar refractivity (Wildman–Crippen MR) is 123 cm³/mol. The quantitative estimate of drug-likeness (QED) is 0.463. The summed E-state index contributed by atoms with van der Waals surface area (Å²) in [6, 6.07) is 10.1. The molecule has 0 aromatic heterocycles. The summed E-state index contributed by atoms with van der Waals surface area (Å²) in [6.07, 6.45) is 0.945. The molecule has 9 heteroatoms. The first-order valence-electron chi connectivity index (χ1n) is 10.2. The molecular weight excluding hydrogens is 418 g/mol. The van der Waals surface area contributed by atoms with E-state index in [-0.39, 0.29) is 22.7 Å². The van der Waals surface area contributed by atoms with Gasteiger partial charge in [0.1, 0.15) is 5.56 Å². The molecule has 0 atom stereocenters. The minimum absolute atomic E-state index is 0.0821. The molecule has 2 aromatic carbocycles. The summed E-state index contributed by atoms with van der Waals surface area (Å²) >= 11 is 2.00. The lowest BCUT2D eigenvalue weighted by Gasteiger charge is -2.26. The Hall–Kier alpha value is -2.78. The van der Waals surface area contributed by atoms with Gasteiger partial charge in [0, 0.05) is 42.9 Å². The molecule has 1 aliphatic rings. The number of rotatable bonds is 9. The monoisotopic (exact) mass is 445 g/mol. The standard InChI is InChI=1S/C22H27N3O5S/c1-3-30-21-14-18(19(25(27)28)15-20(21)29-2)22(26)23-17-6-4-16(5-7-17)8-9-24-10-12-31-13-11-24/h4-7,14-15H,3,8-13H2,1-2H3,(H,23,26). The summed E-state index contributed by atoms with van der Waals surface area (Å²) in [6.45, 7) is 5.40. The van der Waals surface area contributed by atoms with Gasteiger partial charge < -0.3 is 19.7 Å². The zero-order chi connectivity index (χ0) is 22.2. The van der Waals surface area contributed by atoms with Crippen LogP contribution in [0.2, 0.25) is 0 Å². The minimum atomic E-state index is -0.602. The SMILES string of the molecule is CCOc1cc(C(=O)Nc2ccc(CCN3CCSCC3)cc2)c([N+](=O)[O-])cc1OC. The van der Waals surface area contributed by atoms with Crippen molar-refractivity contribution in [1.29, 1.82) is 0 Å². The summed E-state index contributed by atoms with van der Waals surface area (Å²) in [5, 5.41) is 14.2. The summed E-state index contributed by atoms with van der Waals surface area (Å²) in [4.78, 5) is 26.1. The number of carbonyl (C=O) groups is 1. The van der Waals surface area contributed by atoms with E-state index in [1.54, 1.807) is 6.92 Å². The van der Waals surface area contributed by atoms with Crippen molar-refractivity contribution >= 4 is 29.0 Å². The second kappa shape index (κ2) is 11.0. The number of nitrogens with zero attached hydrogens (tertiary/aromatic N) is 2. The van der Waals surface area contributed by atoms with Crippen LogP contribution < -0.4 is 14.8 Å². The van der Waals surface area contributed by atoms with E-state index in [4.69, 9.17) is 9.47 Å². The number of nitrogens with one attached hydrogen (secondary N) is 1. The number of nitro groups is 1. The van der Waals surface area contributed by atoms with Crippen LogP contribution in [0.5, 0.6) is 11.5 Å². The molecule has 1 fully saturated rings. The number of hydrogen-bond acceptors (Lipinski definition) is 7. The molecule has 0 unspecified atom stereocenters. The largest absolute Gasteiger partial charge is 0.493 e. The Bertz CT molecular complexity index is 914. The maximum atomic E-state index is 12.8. The van der Waals surface area contributed by atoms with Gasteiger partial charge in [-0.3, -0.25) is 14.9 Å². The molecule has 1 aliphatic heterocycles. The molecule has 8 nitrogen and oxygen atoms in total. The number of benzene rings is 2. The molecule has 0 aliphatic carbocycles. The molecule has 31 heavy (non-hydrogen) atoms. The van der Waals surface area contributed by atoms with E-state index in [9.17, 15) is 14.9 Å². The van der Waals surface area contributed by atoms with Gasteiger partial charge in [0.15, 0.2) is 11.5 Å². The summed E-state index contributed by atoms with van der Waals surface area (Å²) in [5.41, 5.74) is 1.34. The molecule has 1 saturated heterocycles. The highest BCUT2D eigenvalue weighted by Crippen LogP contribution is 2.35. The number of anilines is 1. The number of hydrogen-bond donors (Lipinski definition) is 1. The fourth-order valence-corrected chi connectivity index (χ4v) is 4.35. The van der Waals surface area contributed by atoms with Gasteiger partial charge in [-0.15, -0.1) is 0 Å². The highest BCUT2D eigenvalue weighted by molar-refractivity contribution is 7.99. The number of ether oxygens (including phenoxy) is 2. The molecule has 1 amide bonds. The average Bonchev–Trinajstić information content (AvgIpc) is 2.79. The summed E-state index contributed by atoms with van der Waals surface area (Å²) < 4.78 is 10.6. The fourth-order valence-electron chi connectivity index (χ4n) is 3.38. The Morgan fingerprint density at radius 3 is 2.52 bits per heavy atom. The zero-order valence-electron chi connectivity index (χ0n) is 17.8. The van der Waals surface area contributed by atoms with E-state index in [0.717, 1.165) is 26.1 Å². The lowest BCUT2D eigenvalue weighted by atomic mass is 10.1. The van der Waals surface area contributed by atoms with Crippen LogP contribution in [0.15, 0.2) is 36.4 Å². The minimum Gasteiger partial charge on any atom is -0.493 e. The van der Waals surface area contributed by atoms with Crippen molar-refractivity contribution in [3.8, 4) is 11.5 Å². The Labute approximate surface area is 186 Å². The topological polar surface area (TPSA) is 93.9 Å². The third-order valence-electron chi connectivity index (χ3n) is 5.06. The van der Waals surface area contributed by atoms with Gasteiger partial charge in [0.2, 0.25) is 0 Å². The maximum Gasteiger partial charge on any atom is 0.286 e. The van der Waals surface area contributed by atoms with E-state index < -0.39 is 10.8 Å². The lowest BCUT2D eigenvalue weighted by Crippen LogP contribution is -2.34. The van der Waals surface area contributed by atoms with Crippen molar-refractivity contribution < 1.29 is 19.2 Å². The fraction of sp³-hybridized carbons (Fsp3) is 0.409. The van der Waals surface area contributed by atoms with Gasteiger partial charge >= 0.3 is 0 Å². The first kappa shape index (κ1) is 22.9. The molecule has 0 bridgehead atoms. The zero-order valence-corrected chi connectivity index (χ0v) is 18.6. The summed E-state index contributed by atoms with van der Waals surface area (Å²) in [7, 11) is 1.40. The van der Waals surface area contributed by atoms with Gasteiger partial charge in [-0.25, -0.2) is 0 Å². The Kier molecular flexibility index (Phi) is 8.13. The number of thioether (sulfide) groups is 1. The van der Waals surface area contributed by atoms with E-state index >= 15 is 0 Å². The van der Waals surface area contributed by atoms with Crippen molar-refractivity contribution in [1.82, 2.24) is 4.90 Å². The van der Waals surface area contributed by atoms with Gasteiger partial charge in [0.05, 0.1) is 24.7 Å². The van der Waals surface area contributed by atoms with Gasteiger partial charge in [-0.05, 0) is 31.0 Å². The van der Waals surface area contributed by atoms with E-state index in [1.807, 2.05) is 36.0 Å². The van der Waals surface area contributed by atoms with Gasteiger partial charge in [-0.2, -0.15) is 11.8 Å². The molecule has 3 rings (SSSR count). The van der Waals surface area contributed by atoms with Crippen molar-refractivity contribution in [3.05, 3.63) is 57.6 Å². The third-order valence-corrected chi connectivity index (χ3v) is 6.00. The number of carbonyl (C=O) groups excluding carboxylic acids is 1. The van der Waals surface area contributed by atoms with Crippen molar-refractivity contribution in [2.75, 3.05) is 50.2 Å². The van der Waals surface area contributed by atoms with E-state index in [1.165, 1.54) is 36.3 Å². The third kappa shape index (κ3) is 6.11. The average molecular weight is 446 g/mol. The smallest absolute Gasteiger partial charge is 0.286 e. The Morgan fingerprint density at radius 1 is 1.19 bits per heavy atom. The van der Waals surface area contributed by atoms with Crippen LogP contribution >= 0.6 is 11.8 Å². The van der Waals surface area contributed by atoms with Crippen LogP contribution in [-0.4, -0.2) is 60.6 Å². The lowest BCUT2D eigenvalue weighted by molar-refractivity contribution is -0.385. The van der Waals surface area contributed by atoms with Crippen LogP contribution in [-0.2, 0) is 6.42 Å². The number of amides is 1. The van der Waals surface area contributed by atoms with Crippen LogP contribution in [0.4, 0.5) is 11.4 Å². The highest BCUT2D eigenvalue weighted by Gasteiger charge is 2.25. The highest BCUT2D eigenvalue weighted by atomic mass is 32.2. The molecular formula is C22H27N3O5S.